The van der Waals surface area contributed by atoms with Crippen LogP contribution >= 0.6 is 11.3 Å². The van der Waals surface area contributed by atoms with Gasteiger partial charge in [0.25, 0.3) is 0 Å². The van der Waals surface area contributed by atoms with Crippen molar-refractivity contribution in [2.75, 3.05) is 6.26 Å². The van der Waals surface area contributed by atoms with Gasteiger partial charge in [0.1, 0.15) is 0 Å². The molecular formula is C7H10N2O2S2. The summed E-state index contributed by atoms with van der Waals surface area (Å²) >= 11 is 1.58. The van der Waals surface area contributed by atoms with Gasteiger partial charge in [0.05, 0.1) is 30.0 Å². The van der Waals surface area contributed by atoms with E-state index in [1.165, 1.54) is 10.6 Å². The van der Waals surface area contributed by atoms with Crippen molar-refractivity contribution in [2.24, 2.45) is 0 Å². The zero-order valence-electron chi connectivity index (χ0n) is 7.44. The van der Waals surface area contributed by atoms with Crippen molar-refractivity contribution in [3.63, 3.8) is 0 Å². The lowest BCUT2D eigenvalue weighted by Gasteiger charge is -2.10. The van der Waals surface area contributed by atoms with Gasteiger partial charge in [-0.15, -0.1) is 11.3 Å². The van der Waals surface area contributed by atoms with Gasteiger partial charge in [0.15, 0.2) is 0 Å². The van der Waals surface area contributed by atoms with Crippen LogP contribution in [0.25, 0.3) is 0 Å². The molecule has 0 fully saturated rings. The van der Waals surface area contributed by atoms with E-state index in [-0.39, 0.29) is 0 Å². The number of aryl methyl sites for hydroxylation is 1. The summed E-state index contributed by atoms with van der Waals surface area (Å²) in [4.78, 5) is 5.35. The third-order valence-electron chi connectivity index (χ3n) is 2.00. The van der Waals surface area contributed by atoms with E-state index in [0.29, 0.717) is 13.1 Å². The van der Waals surface area contributed by atoms with Crippen LogP contribution in [-0.2, 0) is 23.1 Å². The molecule has 1 aromatic rings. The molecule has 72 valence electrons. The zero-order chi connectivity index (χ0) is 9.64. The summed E-state index contributed by atoms with van der Waals surface area (Å²) in [6.07, 6.45) is 1.23. The number of nitrogens with zero attached hydrogens (tertiary/aromatic N) is 2. The number of rotatable bonds is 1. The predicted molar refractivity (Wildman–Crippen MR) is 50.9 cm³/mol. The molecule has 0 atom stereocenters. The van der Waals surface area contributed by atoms with Gasteiger partial charge in [-0.2, -0.15) is 4.31 Å². The van der Waals surface area contributed by atoms with Crippen molar-refractivity contribution in [1.82, 2.24) is 9.29 Å². The fraction of sp³-hybridized carbons (Fsp3) is 0.571. The zero-order valence-corrected chi connectivity index (χ0v) is 9.07. The molecule has 13 heavy (non-hydrogen) atoms. The number of sulfonamides is 1. The molecule has 2 heterocycles. The van der Waals surface area contributed by atoms with Gasteiger partial charge in [-0.25, -0.2) is 13.4 Å². The maximum atomic E-state index is 11.2. The first-order chi connectivity index (χ1) is 5.97. The molecule has 0 aliphatic carbocycles. The van der Waals surface area contributed by atoms with Crippen molar-refractivity contribution in [3.8, 4) is 0 Å². The minimum absolute atomic E-state index is 0.443. The van der Waals surface area contributed by atoms with Gasteiger partial charge < -0.3 is 0 Å². The topological polar surface area (TPSA) is 50.3 Å². The molecule has 1 aliphatic heterocycles. The first-order valence-corrected chi connectivity index (χ1v) is 6.53. The Kier molecular flexibility index (Phi) is 1.94. The van der Waals surface area contributed by atoms with Crippen molar-refractivity contribution in [1.29, 1.82) is 0 Å². The first-order valence-electron chi connectivity index (χ1n) is 3.87. The van der Waals surface area contributed by atoms with E-state index in [9.17, 15) is 8.42 Å². The Hall–Kier alpha value is -0.460. The Labute approximate surface area is 81.3 Å². The number of fused-ring (bicyclic) bond motifs is 1. The normalized spacial score (nSPS) is 17.7. The molecule has 1 aromatic heterocycles. The van der Waals surface area contributed by atoms with Crippen LogP contribution < -0.4 is 0 Å². The largest absolute Gasteiger partial charge is 0.245 e. The smallest absolute Gasteiger partial charge is 0.211 e. The Bertz CT molecular complexity index is 412. The SMILES string of the molecule is Cc1nc2c(s1)CN(S(C)(=O)=O)C2. The number of aromatic nitrogens is 1. The first kappa shape index (κ1) is 9.11. The monoisotopic (exact) mass is 218 g/mol. The van der Waals surface area contributed by atoms with Crippen LogP contribution in [0.4, 0.5) is 0 Å². The summed E-state index contributed by atoms with van der Waals surface area (Å²) in [6, 6.07) is 0. The van der Waals surface area contributed by atoms with Crippen LogP contribution in [0, 0.1) is 6.92 Å². The Morgan fingerprint density at radius 3 is 2.69 bits per heavy atom. The maximum Gasteiger partial charge on any atom is 0.211 e. The standard InChI is InChI=1S/C7H10N2O2S2/c1-5-8-6-3-9(13(2,10)11)4-7(6)12-5/h3-4H2,1-2H3. The van der Waals surface area contributed by atoms with E-state index in [1.807, 2.05) is 6.92 Å². The Morgan fingerprint density at radius 1 is 1.46 bits per heavy atom. The summed E-state index contributed by atoms with van der Waals surface area (Å²) < 4.78 is 23.8. The lowest BCUT2D eigenvalue weighted by molar-refractivity contribution is 0.435. The molecule has 0 saturated heterocycles. The number of hydrogen-bond donors (Lipinski definition) is 0. The molecule has 0 radical (unpaired) electrons. The quantitative estimate of drug-likeness (QED) is 0.698. The molecule has 1 aliphatic rings. The predicted octanol–water partition coefficient (Wildman–Crippen LogP) is 0.727. The van der Waals surface area contributed by atoms with Crippen LogP contribution in [-0.4, -0.2) is 24.0 Å². The molecule has 0 N–H and O–H groups in total. The fourth-order valence-electron chi connectivity index (χ4n) is 1.38. The molecular weight excluding hydrogens is 208 g/mol. The lowest BCUT2D eigenvalue weighted by Crippen LogP contribution is -2.24. The highest BCUT2D eigenvalue weighted by Crippen LogP contribution is 2.28. The van der Waals surface area contributed by atoms with Gasteiger partial charge in [-0.05, 0) is 6.92 Å². The van der Waals surface area contributed by atoms with Crippen LogP contribution in [0.2, 0.25) is 0 Å². The van der Waals surface area contributed by atoms with Gasteiger partial charge in [-0.1, -0.05) is 0 Å². The highest BCUT2D eigenvalue weighted by molar-refractivity contribution is 7.88. The summed E-state index contributed by atoms with van der Waals surface area (Å²) in [5.41, 5.74) is 0.924. The highest BCUT2D eigenvalue weighted by atomic mass is 32.2. The molecule has 0 aromatic carbocycles. The minimum Gasteiger partial charge on any atom is -0.245 e. The molecule has 0 spiro atoms. The fourth-order valence-corrected chi connectivity index (χ4v) is 3.14. The van der Waals surface area contributed by atoms with E-state index in [2.05, 4.69) is 4.98 Å². The van der Waals surface area contributed by atoms with Crippen molar-refractivity contribution in [2.45, 2.75) is 20.0 Å². The molecule has 0 saturated carbocycles. The molecule has 0 unspecified atom stereocenters. The van der Waals surface area contributed by atoms with Crippen LogP contribution in [0.15, 0.2) is 0 Å². The van der Waals surface area contributed by atoms with Crippen molar-refractivity contribution < 1.29 is 8.42 Å². The van der Waals surface area contributed by atoms with Gasteiger partial charge in [-0.3, -0.25) is 0 Å². The summed E-state index contributed by atoms with van der Waals surface area (Å²) in [5, 5.41) is 1.01. The van der Waals surface area contributed by atoms with Crippen molar-refractivity contribution >= 4 is 21.4 Å². The van der Waals surface area contributed by atoms with E-state index in [0.717, 1.165) is 15.6 Å². The molecule has 2 rings (SSSR count). The molecule has 0 amide bonds. The van der Waals surface area contributed by atoms with Crippen LogP contribution in [0.1, 0.15) is 15.6 Å². The van der Waals surface area contributed by atoms with E-state index < -0.39 is 10.0 Å². The average Bonchev–Trinajstić information content (AvgIpc) is 2.40. The second-order valence-corrected chi connectivity index (χ2v) is 6.40. The Morgan fingerprint density at radius 2 is 2.15 bits per heavy atom. The van der Waals surface area contributed by atoms with Gasteiger partial charge in [0, 0.05) is 4.88 Å². The third-order valence-corrected chi connectivity index (χ3v) is 4.19. The minimum atomic E-state index is -3.05. The van der Waals surface area contributed by atoms with E-state index in [1.54, 1.807) is 11.3 Å². The average molecular weight is 218 g/mol. The lowest BCUT2D eigenvalue weighted by atomic mass is 10.4. The molecule has 6 heteroatoms. The molecule has 0 bridgehead atoms. The summed E-state index contributed by atoms with van der Waals surface area (Å²) in [6.45, 7) is 2.88. The van der Waals surface area contributed by atoms with Crippen LogP contribution in [0.3, 0.4) is 0 Å². The second-order valence-electron chi connectivity index (χ2n) is 3.13. The highest BCUT2D eigenvalue weighted by Gasteiger charge is 2.28. The van der Waals surface area contributed by atoms with Crippen molar-refractivity contribution in [3.05, 3.63) is 15.6 Å². The third kappa shape index (κ3) is 1.61. The summed E-state index contributed by atoms with van der Waals surface area (Å²) in [5.74, 6) is 0. The van der Waals surface area contributed by atoms with E-state index >= 15 is 0 Å². The van der Waals surface area contributed by atoms with E-state index in [4.69, 9.17) is 0 Å². The number of hydrogen-bond acceptors (Lipinski definition) is 4. The summed E-state index contributed by atoms with van der Waals surface area (Å²) in [7, 11) is -3.05. The second kappa shape index (κ2) is 2.76. The molecule has 4 nitrogen and oxygen atoms in total. The van der Waals surface area contributed by atoms with Gasteiger partial charge >= 0.3 is 0 Å². The van der Waals surface area contributed by atoms with Crippen LogP contribution in [0.5, 0.6) is 0 Å². The number of thiazole rings is 1. The van der Waals surface area contributed by atoms with Gasteiger partial charge in [0.2, 0.25) is 10.0 Å². The Balaban J connectivity index is 2.29. The maximum absolute atomic E-state index is 11.2.